The first-order valence-corrected chi connectivity index (χ1v) is 14.1. The average Bonchev–Trinajstić information content (AvgIpc) is 2.91. The van der Waals surface area contributed by atoms with E-state index in [1.165, 1.54) is 24.1 Å². The summed E-state index contributed by atoms with van der Waals surface area (Å²) >= 11 is 1.12. The van der Waals surface area contributed by atoms with Gasteiger partial charge in [-0.1, -0.05) is 28.3 Å². The van der Waals surface area contributed by atoms with Gasteiger partial charge in [0, 0.05) is 46.5 Å². The molecule has 0 heterocycles. The molecule has 4 aromatic rings. The summed E-state index contributed by atoms with van der Waals surface area (Å²) in [5.41, 5.74) is 0. The highest BCUT2D eigenvalue weighted by Crippen LogP contribution is 2.47. The van der Waals surface area contributed by atoms with E-state index >= 15 is 0 Å². The Morgan fingerprint density at radius 2 is 1.45 bits per heavy atom. The SMILES string of the molecule is CN(CCCC(=O)O)C(=O)COc1cc(SOOO)c2ccc3c(SOOO)cc(S(=O)(=O)O)c4ccc1c2c34. The summed E-state index contributed by atoms with van der Waals surface area (Å²) in [5.74, 6) is -1.20. The van der Waals surface area contributed by atoms with Crippen LogP contribution in [0.3, 0.4) is 0 Å². The summed E-state index contributed by atoms with van der Waals surface area (Å²) in [6, 6.07) is 9.04. The molecule has 0 bridgehead atoms. The van der Waals surface area contributed by atoms with Gasteiger partial charge in [-0.2, -0.15) is 8.42 Å². The Kier molecular flexibility index (Phi) is 9.52. The zero-order chi connectivity index (χ0) is 29.0. The Morgan fingerprint density at radius 1 is 0.900 bits per heavy atom. The fourth-order valence-electron chi connectivity index (χ4n) is 4.28. The summed E-state index contributed by atoms with van der Waals surface area (Å²) in [6.07, 6.45) is 0.166. The maximum atomic E-state index is 12.6. The second-order valence-electron chi connectivity index (χ2n) is 8.35. The number of ether oxygens (including phenoxy) is 1. The van der Waals surface area contributed by atoms with Crippen LogP contribution in [0.25, 0.3) is 32.3 Å². The lowest BCUT2D eigenvalue weighted by Crippen LogP contribution is -2.32. The van der Waals surface area contributed by atoms with E-state index in [0.29, 0.717) is 55.9 Å². The number of carbonyl (C=O) groups excluding carboxylic acids is 1. The normalized spacial score (nSPS) is 12.0. The van der Waals surface area contributed by atoms with E-state index in [0.717, 1.165) is 6.07 Å². The van der Waals surface area contributed by atoms with Crippen LogP contribution >= 0.6 is 24.1 Å². The number of hydrogen-bond acceptors (Lipinski definition) is 13. The molecule has 0 fully saturated rings. The van der Waals surface area contributed by atoms with E-state index in [4.69, 9.17) is 20.4 Å². The van der Waals surface area contributed by atoms with Crippen molar-refractivity contribution in [3.63, 3.8) is 0 Å². The molecule has 0 unspecified atom stereocenters. The maximum absolute atomic E-state index is 12.6. The third kappa shape index (κ3) is 6.33. The largest absolute Gasteiger partial charge is 0.483 e. The van der Waals surface area contributed by atoms with E-state index in [-0.39, 0.29) is 35.4 Å². The van der Waals surface area contributed by atoms with Crippen molar-refractivity contribution in [1.29, 1.82) is 0 Å². The molecule has 17 heteroatoms. The highest BCUT2D eigenvalue weighted by Gasteiger charge is 2.24. The van der Waals surface area contributed by atoms with Crippen molar-refractivity contribution in [1.82, 2.24) is 4.90 Å². The van der Waals surface area contributed by atoms with Crippen molar-refractivity contribution >= 4 is 78.4 Å². The summed E-state index contributed by atoms with van der Waals surface area (Å²) < 4.78 is 49.6. The van der Waals surface area contributed by atoms with Crippen molar-refractivity contribution in [2.24, 2.45) is 0 Å². The topological polar surface area (TPSA) is 199 Å². The number of amides is 1. The Bertz CT molecular complexity index is 1660. The monoisotopic (exact) mass is 615 g/mol. The van der Waals surface area contributed by atoms with Crippen LogP contribution in [0.5, 0.6) is 5.75 Å². The average molecular weight is 616 g/mol. The minimum Gasteiger partial charge on any atom is -0.483 e. The number of carboxylic acid groups (broad SMARTS) is 1. The molecule has 0 saturated carbocycles. The first-order chi connectivity index (χ1) is 19.1. The Hall–Kier alpha value is -2.97. The molecule has 0 aliphatic carbocycles. The van der Waals surface area contributed by atoms with Crippen molar-refractivity contribution in [2.75, 3.05) is 20.2 Å². The molecule has 0 saturated heterocycles. The predicted octanol–water partition coefficient (Wildman–Crippen LogP) is 4.39. The van der Waals surface area contributed by atoms with Gasteiger partial charge >= 0.3 is 5.97 Å². The standard InChI is InChI=1S/C23H21NO13S3/c1-24(8-2-3-21(26)27)20(25)11-33-16-9-17(38-36-34-28)13-5-6-14-18(39-37-35-29)10-19(40(30,31)32)15-7-4-12(16)22(13)23(14)15/h4-7,9-10,28-29H,2-3,8,11H2,1H3,(H,26,27)(H,30,31,32). The molecule has 0 aromatic heterocycles. The highest BCUT2D eigenvalue weighted by molar-refractivity contribution is 7.95. The zero-order valence-electron chi connectivity index (χ0n) is 20.4. The van der Waals surface area contributed by atoms with Crippen molar-refractivity contribution < 1.29 is 61.7 Å². The van der Waals surface area contributed by atoms with Crippen molar-refractivity contribution in [3.05, 3.63) is 36.4 Å². The van der Waals surface area contributed by atoms with Gasteiger partial charge in [0.05, 0.1) is 29.0 Å². The van der Waals surface area contributed by atoms with Crippen molar-refractivity contribution in [3.8, 4) is 5.75 Å². The smallest absolute Gasteiger partial charge is 0.303 e. The molecule has 4 N–H and O–H groups in total. The number of aliphatic carboxylic acids is 1. The number of carbonyl (C=O) groups is 2. The van der Waals surface area contributed by atoms with Crippen LogP contribution in [0, 0.1) is 0 Å². The number of benzene rings is 4. The third-order valence-corrected chi connectivity index (χ3v) is 8.18. The molecular formula is C23H21NO13S3. The maximum Gasteiger partial charge on any atom is 0.303 e. The Labute approximate surface area is 234 Å². The van der Waals surface area contributed by atoms with Crippen LogP contribution < -0.4 is 4.74 Å². The van der Waals surface area contributed by atoms with Gasteiger partial charge < -0.3 is 14.7 Å². The lowest BCUT2D eigenvalue weighted by molar-refractivity contribution is -0.432. The molecule has 0 radical (unpaired) electrons. The lowest BCUT2D eigenvalue weighted by Gasteiger charge is -2.20. The minimum atomic E-state index is -4.73. The summed E-state index contributed by atoms with van der Waals surface area (Å²) in [7, 11) is -3.21. The van der Waals surface area contributed by atoms with Crippen LogP contribution in [-0.2, 0) is 38.5 Å². The van der Waals surface area contributed by atoms with Crippen molar-refractivity contribution in [2.45, 2.75) is 27.5 Å². The van der Waals surface area contributed by atoms with E-state index in [2.05, 4.69) is 18.7 Å². The van der Waals surface area contributed by atoms with E-state index in [1.54, 1.807) is 18.2 Å². The third-order valence-electron chi connectivity index (χ3n) is 5.99. The fraction of sp³-hybridized carbons (Fsp3) is 0.217. The number of rotatable bonds is 14. The molecular weight excluding hydrogens is 594 g/mol. The molecule has 4 aromatic carbocycles. The molecule has 1 amide bonds. The number of hydrogen-bond donors (Lipinski definition) is 4. The van der Waals surface area contributed by atoms with Gasteiger partial charge in [0.25, 0.3) is 16.0 Å². The van der Waals surface area contributed by atoms with Crippen LogP contribution in [-0.4, -0.2) is 65.6 Å². The summed E-state index contributed by atoms with van der Waals surface area (Å²) in [5, 5.41) is 36.0. The minimum absolute atomic E-state index is 0.0949. The van der Waals surface area contributed by atoms with Gasteiger partial charge in [-0.3, -0.25) is 14.1 Å². The van der Waals surface area contributed by atoms with Gasteiger partial charge in [0.1, 0.15) is 10.6 Å². The van der Waals surface area contributed by atoms with Gasteiger partial charge in [-0.25, -0.2) is 10.5 Å². The molecule has 0 spiro atoms. The molecule has 0 aliphatic rings. The van der Waals surface area contributed by atoms with Crippen LogP contribution in [0.1, 0.15) is 12.8 Å². The molecule has 40 heavy (non-hydrogen) atoms. The van der Waals surface area contributed by atoms with Crippen LogP contribution in [0.4, 0.5) is 0 Å². The zero-order valence-corrected chi connectivity index (χ0v) is 22.9. The first-order valence-electron chi connectivity index (χ1n) is 11.2. The Morgan fingerprint density at radius 3 is 2.02 bits per heavy atom. The second-order valence-corrected chi connectivity index (χ2v) is 11.2. The van der Waals surface area contributed by atoms with Crippen LogP contribution in [0.15, 0.2) is 51.1 Å². The Balaban J connectivity index is 1.87. The lowest BCUT2D eigenvalue weighted by atomic mass is 9.93. The van der Waals surface area contributed by atoms with Gasteiger partial charge in [0.2, 0.25) is 0 Å². The molecule has 0 atom stereocenters. The molecule has 0 aliphatic heterocycles. The number of nitrogens with zero attached hydrogens (tertiary/aromatic N) is 1. The quantitative estimate of drug-likeness (QED) is 0.0511. The van der Waals surface area contributed by atoms with E-state index < -0.39 is 33.5 Å². The fourth-order valence-corrected chi connectivity index (χ4v) is 6.12. The highest BCUT2D eigenvalue weighted by atomic mass is 32.2. The molecule has 4 rings (SSSR count). The second kappa shape index (κ2) is 12.7. The van der Waals surface area contributed by atoms with Crippen LogP contribution in [0.2, 0.25) is 0 Å². The number of likely N-dealkylation sites (N-methyl/N-ethyl adjacent to an activating group) is 1. The molecule has 14 nitrogen and oxygen atoms in total. The number of carboxylic acids is 1. The first kappa shape index (κ1) is 30.0. The van der Waals surface area contributed by atoms with Gasteiger partial charge in [-0.15, -0.1) is 8.67 Å². The van der Waals surface area contributed by atoms with Gasteiger partial charge in [-0.05, 0) is 35.4 Å². The summed E-state index contributed by atoms with van der Waals surface area (Å²) in [4.78, 5) is 24.8. The van der Waals surface area contributed by atoms with E-state index in [1.807, 2.05) is 0 Å². The van der Waals surface area contributed by atoms with Gasteiger partial charge in [0.15, 0.2) is 6.61 Å². The predicted molar refractivity (Wildman–Crippen MR) is 141 cm³/mol. The molecule has 214 valence electrons. The summed E-state index contributed by atoms with van der Waals surface area (Å²) in [6.45, 7) is -0.206. The van der Waals surface area contributed by atoms with E-state index in [9.17, 15) is 22.6 Å².